The monoisotopic (exact) mass is 340 g/mol. The number of benzene rings is 1. The molecule has 2 aromatic rings. The maximum Gasteiger partial charge on any atom is 0.286 e. The van der Waals surface area contributed by atoms with Crippen LogP contribution in [0, 0.1) is 0 Å². The molecular weight excluding hydrogens is 324 g/mol. The fraction of sp³-hybridized carbons (Fsp3) is 0.176. The third-order valence-electron chi connectivity index (χ3n) is 3.82. The van der Waals surface area contributed by atoms with Crippen LogP contribution in [0.2, 0.25) is 0 Å². The molecule has 0 radical (unpaired) electrons. The van der Waals surface area contributed by atoms with Crippen LogP contribution >= 0.6 is 0 Å². The number of fused-ring (bicyclic) bond motifs is 1. The molecule has 0 saturated heterocycles. The summed E-state index contributed by atoms with van der Waals surface area (Å²) in [6.45, 7) is 0.143. The van der Waals surface area contributed by atoms with E-state index >= 15 is 0 Å². The predicted molar refractivity (Wildman–Crippen MR) is 87.4 cm³/mol. The van der Waals surface area contributed by atoms with E-state index in [1.165, 1.54) is 0 Å². The summed E-state index contributed by atoms with van der Waals surface area (Å²) >= 11 is 0. The van der Waals surface area contributed by atoms with Crippen LogP contribution in [0.25, 0.3) is 0 Å². The van der Waals surface area contributed by atoms with Crippen LogP contribution in [-0.4, -0.2) is 40.1 Å². The second kappa shape index (κ2) is 7.00. The van der Waals surface area contributed by atoms with E-state index < -0.39 is 11.8 Å². The number of carbonyl (C=O) groups excluding carboxylic acids is 4. The van der Waals surface area contributed by atoms with Crippen molar-refractivity contribution in [2.24, 2.45) is 0 Å². The molecule has 3 N–H and O–H groups in total. The number of H-pyrrole nitrogens is 1. The summed E-state index contributed by atoms with van der Waals surface area (Å²) in [6, 6.07) is 9.86. The number of hydrazine groups is 1. The molecule has 0 fully saturated rings. The van der Waals surface area contributed by atoms with Crippen molar-refractivity contribution < 1.29 is 19.2 Å². The second-order valence-electron chi connectivity index (χ2n) is 5.50. The van der Waals surface area contributed by atoms with Crippen molar-refractivity contribution in [1.82, 2.24) is 20.7 Å². The SMILES string of the molecule is O=C(CCCN1C(=O)c2ccccc2C1=O)NNC(=O)c1ccc[nH]1. The minimum Gasteiger partial charge on any atom is -0.357 e. The van der Waals surface area contributed by atoms with Crippen molar-refractivity contribution in [1.29, 1.82) is 0 Å². The summed E-state index contributed by atoms with van der Waals surface area (Å²) in [5.74, 6) is -1.56. The van der Waals surface area contributed by atoms with E-state index in [2.05, 4.69) is 15.8 Å². The topological polar surface area (TPSA) is 111 Å². The molecule has 25 heavy (non-hydrogen) atoms. The van der Waals surface area contributed by atoms with E-state index in [4.69, 9.17) is 0 Å². The number of rotatable bonds is 5. The van der Waals surface area contributed by atoms with Crippen molar-refractivity contribution in [3.63, 3.8) is 0 Å². The highest BCUT2D eigenvalue weighted by molar-refractivity contribution is 6.21. The number of imide groups is 1. The molecule has 0 bridgehead atoms. The first-order valence-corrected chi connectivity index (χ1v) is 7.75. The third kappa shape index (κ3) is 3.42. The van der Waals surface area contributed by atoms with Crippen LogP contribution in [0.4, 0.5) is 0 Å². The Labute approximate surface area is 143 Å². The largest absolute Gasteiger partial charge is 0.357 e. The van der Waals surface area contributed by atoms with Gasteiger partial charge in [-0.2, -0.15) is 0 Å². The fourth-order valence-corrected chi connectivity index (χ4v) is 2.57. The van der Waals surface area contributed by atoms with Crippen LogP contribution < -0.4 is 10.9 Å². The van der Waals surface area contributed by atoms with Gasteiger partial charge in [0.25, 0.3) is 17.7 Å². The van der Waals surface area contributed by atoms with Gasteiger partial charge in [0.15, 0.2) is 0 Å². The Hall–Kier alpha value is -3.42. The van der Waals surface area contributed by atoms with Crippen molar-refractivity contribution in [3.8, 4) is 0 Å². The molecule has 3 rings (SSSR count). The number of hydrogen-bond acceptors (Lipinski definition) is 4. The summed E-state index contributed by atoms with van der Waals surface area (Å²) < 4.78 is 0. The standard InChI is InChI=1S/C17H16N4O4/c22-14(19-20-15(23)13-7-3-9-18-13)8-4-10-21-16(24)11-5-1-2-6-12(11)17(21)25/h1-3,5-7,9,18H,4,8,10H2,(H,19,22)(H,20,23). The molecule has 1 aliphatic rings. The minimum atomic E-state index is -0.460. The van der Waals surface area contributed by atoms with Gasteiger partial charge in [0.2, 0.25) is 5.91 Å². The van der Waals surface area contributed by atoms with Gasteiger partial charge in [-0.3, -0.25) is 34.9 Å². The van der Waals surface area contributed by atoms with Crippen LogP contribution in [-0.2, 0) is 4.79 Å². The summed E-state index contributed by atoms with van der Waals surface area (Å²) in [4.78, 5) is 51.6. The van der Waals surface area contributed by atoms with Gasteiger partial charge in [0, 0.05) is 19.2 Å². The second-order valence-corrected chi connectivity index (χ2v) is 5.50. The Kier molecular flexibility index (Phi) is 4.60. The lowest BCUT2D eigenvalue weighted by Gasteiger charge is -2.13. The van der Waals surface area contributed by atoms with Crippen molar-refractivity contribution >= 4 is 23.6 Å². The van der Waals surface area contributed by atoms with E-state index in [1.54, 1.807) is 42.6 Å². The van der Waals surface area contributed by atoms with Crippen LogP contribution in [0.3, 0.4) is 0 Å². The molecule has 8 nitrogen and oxygen atoms in total. The third-order valence-corrected chi connectivity index (χ3v) is 3.82. The van der Waals surface area contributed by atoms with Crippen molar-refractivity contribution in [2.45, 2.75) is 12.8 Å². The van der Waals surface area contributed by atoms with Gasteiger partial charge < -0.3 is 4.98 Å². The normalized spacial score (nSPS) is 12.9. The molecule has 2 heterocycles. The first-order chi connectivity index (χ1) is 12.1. The molecular formula is C17H16N4O4. The lowest BCUT2D eigenvalue weighted by molar-refractivity contribution is -0.122. The zero-order valence-electron chi connectivity index (χ0n) is 13.2. The summed E-state index contributed by atoms with van der Waals surface area (Å²) in [5.41, 5.74) is 5.66. The average molecular weight is 340 g/mol. The Morgan fingerprint density at radius 3 is 2.24 bits per heavy atom. The fourth-order valence-electron chi connectivity index (χ4n) is 2.57. The van der Waals surface area contributed by atoms with Crippen LogP contribution in [0.5, 0.6) is 0 Å². The first kappa shape index (κ1) is 16.4. The van der Waals surface area contributed by atoms with Gasteiger partial charge in [-0.1, -0.05) is 12.1 Å². The van der Waals surface area contributed by atoms with E-state index in [0.29, 0.717) is 23.2 Å². The first-order valence-electron chi connectivity index (χ1n) is 7.75. The molecule has 128 valence electrons. The molecule has 1 aliphatic heterocycles. The van der Waals surface area contributed by atoms with E-state index in [-0.39, 0.29) is 24.8 Å². The highest BCUT2D eigenvalue weighted by Gasteiger charge is 2.34. The van der Waals surface area contributed by atoms with Gasteiger partial charge >= 0.3 is 0 Å². The number of hydrogen-bond donors (Lipinski definition) is 3. The van der Waals surface area contributed by atoms with Gasteiger partial charge in [-0.15, -0.1) is 0 Å². The lowest BCUT2D eigenvalue weighted by Crippen LogP contribution is -2.42. The highest BCUT2D eigenvalue weighted by Crippen LogP contribution is 2.22. The van der Waals surface area contributed by atoms with Crippen molar-refractivity contribution in [3.05, 3.63) is 59.4 Å². The summed E-state index contributed by atoms with van der Waals surface area (Å²) in [5, 5.41) is 0. The zero-order chi connectivity index (χ0) is 17.8. The highest BCUT2D eigenvalue weighted by atomic mass is 16.2. The Balaban J connectivity index is 1.44. The Morgan fingerprint density at radius 1 is 0.960 bits per heavy atom. The quantitative estimate of drug-likeness (QED) is 0.553. The molecule has 0 spiro atoms. The smallest absolute Gasteiger partial charge is 0.286 e. The number of nitrogens with zero attached hydrogens (tertiary/aromatic N) is 1. The lowest BCUT2D eigenvalue weighted by atomic mass is 10.1. The maximum absolute atomic E-state index is 12.2. The molecule has 0 saturated carbocycles. The molecule has 0 aliphatic carbocycles. The molecule has 1 aromatic heterocycles. The number of aromatic nitrogens is 1. The number of amides is 4. The van der Waals surface area contributed by atoms with Gasteiger partial charge in [-0.25, -0.2) is 0 Å². The van der Waals surface area contributed by atoms with E-state index in [9.17, 15) is 19.2 Å². The van der Waals surface area contributed by atoms with Gasteiger partial charge in [0.1, 0.15) is 5.69 Å². The summed E-state index contributed by atoms with van der Waals surface area (Å²) in [7, 11) is 0. The zero-order valence-corrected chi connectivity index (χ0v) is 13.2. The van der Waals surface area contributed by atoms with Gasteiger partial charge in [0.05, 0.1) is 11.1 Å². The number of nitrogens with one attached hydrogen (secondary N) is 3. The van der Waals surface area contributed by atoms with Gasteiger partial charge in [-0.05, 0) is 30.7 Å². The average Bonchev–Trinajstić information content (AvgIpc) is 3.23. The van der Waals surface area contributed by atoms with Crippen molar-refractivity contribution in [2.75, 3.05) is 6.54 Å². The molecule has 0 atom stereocenters. The molecule has 8 heteroatoms. The van der Waals surface area contributed by atoms with E-state index in [0.717, 1.165) is 4.90 Å². The van der Waals surface area contributed by atoms with Crippen LogP contribution in [0.15, 0.2) is 42.6 Å². The predicted octanol–water partition coefficient (Wildman–Crippen LogP) is 0.852. The minimum absolute atomic E-state index is 0.0679. The molecule has 0 unspecified atom stereocenters. The summed E-state index contributed by atoms with van der Waals surface area (Å²) in [6.07, 6.45) is 1.97. The van der Waals surface area contributed by atoms with E-state index in [1.807, 2.05) is 0 Å². The molecule has 1 aromatic carbocycles. The van der Waals surface area contributed by atoms with Crippen LogP contribution in [0.1, 0.15) is 44.0 Å². The number of aromatic amines is 1. The Morgan fingerprint density at radius 2 is 1.64 bits per heavy atom. The molecule has 4 amide bonds. The maximum atomic E-state index is 12.2. The number of carbonyl (C=O) groups is 4. The Bertz CT molecular complexity index is 794.